The molecule has 10 nitrogen and oxygen atoms in total. The number of nitrogens with zero attached hydrogens (tertiary/aromatic N) is 3. The number of hydrogen-bond acceptors (Lipinski definition) is 9. The Bertz CT molecular complexity index is 1910. The Kier molecular flexibility index (Phi) is 9.78. The fourth-order valence-corrected chi connectivity index (χ4v) is 8.18. The molecule has 3 aliphatic rings. The first-order chi connectivity index (χ1) is 24.3. The second-order valence-corrected chi connectivity index (χ2v) is 14.0. The maximum absolute atomic E-state index is 14.1. The van der Waals surface area contributed by atoms with Gasteiger partial charge in [0.15, 0.2) is 12.1 Å². The summed E-state index contributed by atoms with van der Waals surface area (Å²) in [5.41, 5.74) is 3.84. The van der Waals surface area contributed by atoms with Crippen LogP contribution in [0.4, 0.5) is 5.69 Å². The van der Waals surface area contributed by atoms with Gasteiger partial charge < -0.3 is 24.6 Å². The Morgan fingerprint density at radius 2 is 1.66 bits per heavy atom. The minimum Gasteiger partial charge on any atom is -0.461 e. The van der Waals surface area contributed by atoms with Crippen LogP contribution in [0.25, 0.3) is 10.9 Å². The predicted octanol–water partition coefficient (Wildman–Crippen LogP) is 5.65. The summed E-state index contributed by atoms with van der Waals surface area (Å²) in [6.45, 7) is 2.45. The van der Waals surface area contributed by atoms with E-state index in [2.05, 4.69) is 15.2 Å². The summed E-state index contributed by atoms with van der Waals surface area (Å²) >= 11 is 7.48. The number of carbonyl (C=O) groups is 4. The highest BCUT2D eigenvalue weighted by Crippen LogP contribution is 2.42. The summed E-state index contributed by atoms with van der Waals surface area (Å²) in [6.07, 6.45) is 2.27. The first kappa shape index (κ1) is 33.6. The van der Waals surface area contributed by atoms with Crippen molar-refractivity contribution >= 4 is 63.7 Å². The lowest BCUT2D eigenvalue weighted by Crippen LogP contribution is -2.74. The van der Waals surface area contributed by atoms with E-state index in [4.69, 9.17) is 21.1 Å². The molecule has 0 spiro atoms. The molecule has 0 radical (unpaired) electrons. The van der Waals surface area contributed by atoms with Gasteiger partial charge in [0.2, 0.25) is 11.8 Å². The number of aromatic nitrogens is 1. The summed E-state index contributed by atoms with van der Waals surface area (Å²) < 4.78 is 11.4. The number of β-lactam (4-membered cyclic amide) rings is 1. The van der Waals surface area contributed by atoms with Gasteiger partial charge in [-0.3, -0.25) is 19.4 Å². The van der Waals surface area contributed by atoms with Crippen molar-refractivity contribution in [1.82, 2.24) is 15.2 Å². The average molecular weight is 711 g/mol. The maximum Gasteiger partial charge on any atom is 0.334 e. The molecule has 0 bridgehead atoms. The van der Waals surface area contributed by atoms with E-state index in [1.165, 1.54) is 23.6 Å². The molecule has 2 saturated heterocycles. The summed E-state index contributed by atoms with van der Waals surface area (Å²) in [6, 6.07) is 24.4. The van der Waals surface area contributed by atoms with E-state index in [9.17, 15) is 19.2 Å². The molecule has 0 aliphatic carbocycles. The minimum atomic E-state index is -1.12. The van der Waals surface area contributed by atoms with Crippen molar-refractivity contribution in [3.63, 3.8) is 0 Å². The number of hydrogen-bond donors (Lipinski definition) is 1. The van der Waals surface area contributed by atoms with Crippen molar-refractivity contribution in [3.05, 3.63) is 118 Å². The molecular weight excluding hydrogens is 676 g/mol. The number of halogens is 1. The number of amides is 2. The van der Waals surface area contributed by atoms with Crippen LogP contribution in [-0.2, 0) is 28.7 Å². The van der Waals surface area contributed by atoms with E-state index in [-0.39, 0.29) is 24.3 Å². The topological polar surface area (TPSA) is 118 Å². The van der Waals surface area contributed by atoms with Crippen LogP contribution < -0.4 is 10.2 Å². The molecule has 2 amide bonds. The monoisotopic (exact) mass is 710 g/mol. The van der Waals surface area contributed by atoms with Gasteiger partial charge in [-0.05, 0) is 53.6 Å². The van der Waals surface area contributed by atoms with Crippen LogP contribution in [0.1, 0.15) is 37.0 Å². The number of benzene rings is 3. The van der Waals surface area contributed by atoms with Gasteiger partial charge in [-0.25, -0.2) is 4.79 Å². The first-order valence-corrected chi connectivity index (χ1v) is 17.8. The number of piperidine rings is 1. The molecule has 4 aromatic rings. The quantitative estimate of drug-likeness (QED) is 0.174. The van der Waals surface area contributed by atoms with Gasteiger partial charge in [-0.1, -0.05) is 72.3 Å². The Labute approximate surface area is 298 Å². The number of esters is 2. The molecule has 1 N–H and O–H groups in total. The third kappa shape index (κ3) is 6.80. The van der Waals surface area contributed by atoms with E-state index in [0.717, 1.165) is 27.7 Å². The molecule has 4 heterocycles. The molecule has 12 heteroatoms. The van der Waals surface area contributed by atoms with Crippen LogP contribution in [0.15, 0.2) is 102 Å². The number of pyridine rings is 1. The number of carbonyl (C=O) groups excluding carboxylic acids is 4. The lowest BCUT2D eigenvalue weighted by atomic mass is 9.93. The first-order valence-electron chi connectivity index (χ1n) is 16.5. The van der Waals surface area contributed by atoms with E-state index in [1.54, 1.807) is 11.6 Å². The molecule has 3 atom stereocenters. The molecule has 2 fully saturated rings. The third-order valence-electron chi connectivity index (χ3n) is 9.36. The zero-order valence-corrected chi connectivity index (χ0v) is 28.8. The maximum atomic E-state index is 14.1. The average Bonchev–Trinajstić information content (AvgIpc) is 3.14. The normalized spacial score (nSPS) is 20.5. The van der Waals surface area contributed by atoms with Gasteiger partial charge >= 0.3 is 11.9 Å². The number of thioether (sulfide) groups is 1. The van der Waals surface area contributed by atoms with Crippen LogP contribution in [0, 0.1) is 5.92 Å². The van der Waals surface area contributed by atoms with Gasteiger partial charge in [-0.2, -0.15) is 0 Å². The molecule has 3 aromatic carbocycles. The van der Waals surface area contributed by atoms with Gasteiger partial charge in [-0.15, -0.1) is 11.8 Å². The van der Waals surface area contributed by atoms with Crippen molar-refractivity contribution in [1.29, 1.82) is 0 Å². The van der Waals surface area contributed by atoms with E-state index in [1.807, 2.05) is 84.9 Å². The number of rotatable bonds is 9. The van der Waals surface area contributed by atoms with Crippen molar-refractivity contribution in [3.8, 4) is 0 Å². The van der Waals surface area contributed by atoms with Crippen molar-refractivity contribution in [2.24, 2.45) is 5.92 Å². The highest BCUT2D eigenvalue weighted by Gasteiger charge is 2.57. The molecule has 3 aliphatic heterocycles. The second kappa shape index (κ2) is 14.5. The fourth-order valence-electron chi connectivity index (χ4n) is 6.80. The zero-order chi connectivity index (χ0) is 34.8. The Morgan fingerprint density at radius 3 is 2.32 bits per heavy atom. The summed E-state index contributed by atoms with van der Waals surface area (Å²) in [4.78, 5) is 61.2. The lowest BCUT2D eigenvalue weighted by molar-refractivity contribution is -0.166. The van der Waals surface area contributed by atoms with Crippen LogP contribution in [0.5, 0.6) is 0 Å². The third-order valence-corrected chi connectivity index (χ3v) is 10.8. The van der Waals surface area contributed by atoms with Crippen LogP contribution >= 0.6 is 23.4 Å². The van der Waals surface area contributed by atoms with E-state index >= 15 is 0 Å². The molecule has 1 unspecified atom stereocenters. The largest absolute Gasteiger partial charge is 0.461 e. The summed E-state index contributed by atoms with van der Waals surface area (Å²) in [5, 5.41) is 5.83. The van der Waals surface area contributed by atoms with E-state index < -0.39 is 35.5 Å². The number of fused-ring (bicyclic) bond motifs is 2. The van der Waals surface area contributed by atoms with Gasteiger partial charge in [0, 0.05) is 53.8 Å². The van der Waals surface area contributed by atoms with Gasteiger partial charge in [0.25, 0.3) is 0 Å². The highest BCUT2D eigenvalue weighted by atomic mass is 35.5. The Balaban J connectivity index is 1.04. The summed E-state index contributed by atoms with van der Waals surface area (Å²) in [7, 11) is 0. The highest BCUT2D eigenvalue weighted by molar-refractivity contribution is 8.03. The Hall–Kier alpha value is -4.87. The zero-order valence-electron chi connectivity index (χ0n) is 27.2. The van der Waals surface area contributed by atoms with Crippen LogP contribution in [-0.4, -0.2) is 70.8 Å². The fraction of sp³-hybridized carbons (Fsp3) is 0.289. The SMILES string of the molecule is CC(=O)OCC1=CS[C@@H]2[C@H](NC(=O)C3CCN(c4ccnc5cc(Cl)ccc45)CC3)C(=O)N2C1C(=O)OC(c1ccccc1)c1ccccc1. The number of nitrogens with one attached hydrogen (secondary N) is 1. The standard InChI is InChI=1S/C38H35ClN4O6S/c1-23(44)48-21-27-22-50-37-32(41-35(45)26-15-18-42(19-16-26)31-14-17-40-30-20-28(39)12-13-29(30)31)36(46)43(37)33(27)38(47)49-34(24-8-4-2-5-9-24)25-10-6-3-7-11-25/h2-14,17,20,22,26,32-34,37H,15-16,18-19,21H2,1H3,(H,41,45)/t32-,33?,37-/m1/s1. The second-order valence-electron chi connectivity index (χ2n) is 12.5. The number of anilines is 1. The smallest absolute Gasteiger partial charge is 0.334 e. The van der Waals surface area contributed by atoms with Crippen LogP contribution in [0.3, 0.4) is 0 Å². The molecule has 50 heavy (non-hydrogen) atoms. The Morgan fingerprint density at radius 1 is 0.980 bits per heavy atom. The van der Waals surface area contributed by atoms with Crippen LogP contribution in [0.2, 0.25) is 5.02 Å². The number of ether oxygens (including phenoxy) is 2. The minimum absolute atomic E-state index is 0.171. The van der Waals surface area contributed by atoms with Crippen molar-refractivity contribution in [2.45, 2.75) is 43.3 Å². The summed E-state index contributed by atoms with van der Waals surface area (Å²) in [5.74, 6) is -2.00. The van der Waals surface area contributed by atoms with Gasteiger partial charge in [0.05, 0.1) is 5.52 Å². The molecule has 0 saturated carbocycles. The molecule has 1 aromatic heterocycles. The van der Waals surface area contributed by atoms with Crippen molar-refractivity contribution in [2.75, 3.05) is 24.6 Å². The van der Waals surface area contributed by atoms with Crippen molar-refractivity contribution < 1.29 is 28.7 Å². The van der Waals surface area contributed by atoms with Gasteiger partial charge in [0.1, 0.15) is 18.0 Å². The lowest BCUT2D eigenvalue weighted by Gasteiger charge is -2.52. The van der Waals surface area contributed by atoms with E-state index in [0.29, 0.717) is 36.5 Å². The molecule has 256 valence electrons. The predicted molar refractivity (Wildman–Crippen MR) is 191 cm³/mol. The molecular formula is C38H35ClN4O6S. The molecule has 7 rings (SSSR count).